The van der Waals surface area contributed by atoms with Crippen LogP contribution in [0.4, 0.5) is 0 Å². The second-order valence-electron chi connectivity index (χ2n) is 8.17. The van der Waals surface area contributed by atoms with Crippen LogP contribution in [-0.4, -0.2) is 61.6 Å². The maximum atomic E-state index is 12.3. The highest BCUT2D eigenvalue weighted by Gasteiger charge is 2.62. The summed E-state index contributed by atoms with van der Waals surface area (Å²) < 4.78 is 5.92. The van der Waals surface area contributed by atoms with Crippen molar-refractivity contribution in [1.29, 1.82) is 0 Å². The number of piperazine rings is 1. The van der Waals surface area contributed by atoms with Gasteiger partial charge in [0.05, 0.1) is 6.54 Å². The maximum Gasteiger partial charge on any atom is 0.320 e. The minimum Gasteiger partial charge on any atom is -0.461 e. The zero-order chi connectivity index (χ0) is 15.3. The molecule has 4 nitrogen and oxygen atoms in total. The zero-order valence-corrected chi connectivity index (χ0v) is 14.0. The van der Waals surface area contributed by atoms with E-state index in [-0.39, 0.29) is 17.5 Å². The van der Waals surface area contributed by atoms with E-state index in [4.69, 9.17) is 4.74 Å². The Morgan fingerprint density at radius 2 is 1.86 bits per heavy atom. The van der Waals surface area contributed by atoms with Crippen LogP contribution in [0.5, 0.6) is 0 Å². The number of rotatable bonds is 3. The summed E-state index contributed by atoms with van der Waals surface area (Å²) >= 11 is 0. The lowest BCUT2D eigenvalue weighted by Gasteiger charge is -2.39. The summed E-state index contributed by atoms with van der Waals surface area (Å²) in [6.45, 7) is 11.5. The van der Waals surface area contributed by atoms with Crippen LogP contribution in [0.3, 0.4) is 0 Å². The number of esters is 1. The predicted octanol–water partition coefficient (Wildman–Crippen LogP) is 1.99. The van der Waals surface area contributed by atoms with E-state index in [1.807, 2.05) is 0 Å². The fourth-order valence-corrected chi connectivity index (χ4v) is 4.69. The van der Waals surface area contributed by atoms with Gasteiger partial charge in [0.1, 0.15) is 6.10 Å². The highest BCUT2D eigenvalue weighted by molar-refractivity contribution is 5.72. The summed E-state index contributed by atoms with van der Waals surface area (Å²) in [6, 6.07) is 0. The first kappa shape index (κ1) is 15.3. The average Bonchev–Trinajstić information content (AvgIpc) is 2.74. The fourth-order valence-electron chi connectivity index (χ4n) is 4.69. The Morgan fingerprint density at radius 3 is 2.38 bits per heavy atom. The van der Waals surface area contributed by atoms with Crippen molar-refractivity contribution in [3.05, 3.63) is 0 Å². The maximum absolute atomic E-state index is 12.3. The summed E-state index contributed by atoms with van der Waals surface area (Å²) in [5.74, 6) is 0.707. The molecule has 3 atom stereocenters. The second-order valence-corrected chi connectivity index (χ2v) is 8.17. The van der Waals surface area contributed by atoms with Crippen LogP contribution >= 0.6 is 0 Å². The smallest absolute Gasteiger partial charge is 0.320 e. The molecule has 2 saturated carbocycles. The van der Waals surface area contributed by atoms with Crippen molar-refractivity contribution in [3.8, 4) is 0 Å². The molecule has 0 spiro atoms. The number of likely N-dealkylation sites (N-methyl/N-ethyl adjacent to an activating group) is 1. The third-order valence-electron chi connectivity index (χ3n) is 6.94. The molecule has 0 amide bonds. The Hall–Kier alpha value is -0.610. The number of ether oxygens (including phenoxy) is 1. The van der Waals surface area contributed by atoms with E-state index in [0.29, 0.717) is 12.0 Å². The quantitative estimate of drug-likeness (QED) is 0.745. The van der Waals surface area contributed by atoms with E-state index in [2.05, 4.69) is 37.6 Å². The summed E-state index contributed by atoms with van der Waals surface area (Å²) in [5.41, 5.74) is 0.487. The lowest BCUT2D eigenvalue weighted by atomic mass is 9.70. The van der Waals surface area contributed by atoms with E-state index < -0.39 is 0 Å². The van der Waals surface area contributed by atoms with Crippen molar-refractivity contribution in [1.82, 2.24) is 9.80 Å². The first-order chi connectivity index (χ1) is 9.83. The Labute approximate surface area is 128 Å². The number of fused-ring (bicyclic) bond motifs is 2. The van der Waals surface area contributed by atoms with Gasteiger partial charge in [-0.2, -0.15) is 0 Å². The summed E-state index contributed by atoms with van der Waals surface area (Å²) in [4.78, 5) is 16.8. The number of carbonyl (C=O) groups excluding carboxylic acids is 1. The van der Waals surface area contributed by atoms with E-state index >= 15 is 0 Å². The van der Waals surface area contributed by atoms with Crippen molar-refractivity contribution in [2.75, 3.05) is 39.8 Å². The van der Waals surface area contributed by atoms with Gasteiger partial charge in [0.15, 0.2) is 0 Å². The van der Waals surface area contributed by atoms with Gasteiger partial charge < -0.3 is 9.64 Å². The molecule has 0 unspecified atom stereocenters. The van der Waals surface area contributed by atoms with Crippen molar-refractivity contribution in [2.45, 2.75) is 46.1 Å². The largest absolute Gasteiger partial charge is 0.461 e. The molecule has 1 aliphatic heterocycles. The van der Waals surface area contributed by atoms with Crippen LogP contribution in [0, 0.1) is 16.7 Å². The van der Waals surface area contributed by atoms with Gasteiger partial charge in [-0.3, -0.25) is 9.69 Å². The summed E-state index contributed by atoms with van der Waals surface area (Å²) in [5, 5.41) is 0. The Bertz CT molecular complexity index is 415. The molecule has 3 rings (SSSR count). The molecule has 3 aliphatic rings. The molecule has 0 aromatic carbocycles. The van der Waals surface area contributed by atoms with Gasteiger partial charge in [0.2, 0.25) is 0 Å². The molecule has 0 radical (unpaired) electrons. The molecule has 4 heteroatoms. The molecule has 1 saturated heterocycles. The van der Waals surface area contributed by atoms with Crippen molar-refractivity contribution < 1.29 is 9.53 Å². The molecule has 120 valence electrons. The summed E-state index contributed by atoms with van der Waals surface area (Å²) in [6.07, 6.45) is 3.71. The summed E-state index contributed by atoms with van der Waals surface area (Å²) in [7, 11) is 2.13. The predicted molar refractivity (Wildman–Crippen MR) is 83.0 cm³/mol. The van der Waals surface area contributed by atoms with Crippen LogP contribution in [0.1, 0.15) is 40.0 Å². The van der Waals surface area contributed by atoms with Gasteiger partial charge in [0.25, 0.3) is 0 Å². The molecule has 21 heavy (non-hydrogen) atoms. The molecule has 3 fully saturated rings. The minimum absolute atomic E-state index is 0.0193. The van der Waals surface area contributed by atoms with Gasteiger partial charge >= 0.3 is 5.97 Å². The minimum atomic E-state index is -0.0193. The lowest BCUT2D eigenvalue weighted by Crippen LogP contribution is -2.47. The highest BCUT2D eigenvalue weighted by Crippen LogP contribution is 2.66. The highest BCUT2D eigenvalue weighted by atomic mass is 16.5. The standard InChI is InChI=1S/C17H30N2O2/c1-16(2)13-5-6-17(16,3)14(11-13)21-15(20)12-19-9-7-18(4)8-10-19/h13-14H,5-12H2,1-4H3/t13-,14+,17+/m0/s1. The van der Waals surface area contributed by atoms with E-state index in [1.165, 1.54) is 12.8 Å². The van der Waals surface area contributed by atoms with Crippen molar-refractivity contribution in [3.63, 3.8) is 0 Å². The molecular formula is C17H30N2O2. The fraction of sp³-hybridized carbons (Fsp3) is 0.941. The lowest BCUT2D eigenvalue weighted by molar-refractivity contribution is -0.158. The topological polar surface area (TPSA) is 32.8 Å². The Kier molecular flexibility index (Phi) is 3.81. The molecule has 0 aromatic heterocycles. The number of carbonyl (C=O) groups is 1. The number of hydrogen-bond donors (Lipinski definition) is 0. The van der Waals surface area contributed by atoms with Crippen LogP contribution in [0.15, 0.2) is 0 Å². The monoisotopic (exact) mass is 294 g/mol. The average molecular weight is 294 g/mol. The molecule has 1 heterocycles. The van der Waals surface area contributed by atoms with Crippen LogP contribution < -0.4 is 0 Å². The molecule has 2 aliphatic carbocycles. The SMILES string of the molecule is CN1CCN(CC(=O)O[C@@H]2C[C@@H]3CC[C@@]2(C)C3(C)C)CC1. The van der Waals surface area contributed by atoms with Gasteiger partial charge in [0, 0.05) is 31.6 Å². The van der Waals surface area contributed by atoms with Crippen LogP contribution in [-0.2, 0) is 9.53 Å². The first-order valence-electron chi connectivity index (χ1n) is 8.43. The van der Waals surface area contributed by atoms with E-state index in [0.717, 1.165) is 38.5 Å². The third-order valence-corrected chi connectivity index (χ3v) is 6.94. The molecule has 2 bridgehead atoms. The van der Waals surface area contributed by atoms with Crippen LogP contribution in [0.25, 0.3) is 0 Å². The van der Waals surface area contributed by atoms with Crippen LogP contribution in [0.2, 0.25) is 0 Å². The number of nitrogens with zero attached hydrogens (tertiary/aromatic N) is 2. The van der Waals surface area contributed by atoms with Crippen molar-refractivity contribution >= 4 is 5.97 Å². The van der Waals surface area contributed by atoms with Gasteiger partial charge in [-0.25, -0.2) is 0 Å². The Balaban J connectivity index is 1.54. The van der Waals surface area contributed by atoms with Crippen molar-refractivity contribution in [2.24, 2.45) is 16.7 Å². The molecular weight excluding hydrogens is 264 g/mol. The first-order valence-corrected chi connectivity index (χ1v) is 8.43. The van der Waals surface area contributed by atoms with E-state index in [1.54, 1.807) is 0 Å². The molecule has 0 N–H and O–H groups in total. The van der Waals surface area contributed by atoms with Gasteiger partial charge in [-0.1, -0.05) is 20.8 Å². The second kappa shape index (κ2) is 5.24. The number of hydrogen-bond acceptors (Lipinski definition) is 4. The van der Waals surface area contributed by atoms with Gasteiger partial charge in [-0.15, -0.1) is 0 Å². The molecule has 0 aromatic rings. The van der Waals surface area contributed by atoms with Gasteiger partial charge in [-0.05, 0) is 37.6 Å². The third kappa shape index (κ3) is 2.50. The zero-order valence-electron chi connectivity index (χ0n) is 14.0. The van der Waals surface area contributed by atoms with E-state index in [9.17, 15) is 4.79 Å². The normalized spacial score (nSPS) is 39.6. The Morgan fingerprint density at radius 1 is 1.19 bits per heavy atom.